The predicted octanol–water partition coefficient (Wildman–Crippen LogP) is 3.90. The van der Waals surface area contributed by atoms with Gasteiger partial charge in [0.25, 0.3) is 5.91 Å². The first-order valence-corrected chi connectivity index (χ1v) is 10.1. The fourth-order valence-corrected chi connectivity index (χ4v) is 2.86. The Labute approximate surface area is 177 Å². The van der Waals surface area contributed by atoms with Crippen molar-refractivity contribution in [2.75, 3.05) is 38.7 Å². The maximum Gasteiger partial charge on any atom is 0.254 e. The fraction of sp³-hybridized carbons (Fsp3) is 0.391. The van der Waals surface area contributed by atoms with Crippen LogP contribution in [0, 0.1) is 6.92 Å². The second-order valence-corrected chi connectivity index (χ2v) is 6.68. The number of amides is 2. The molecule has 0 aliphatic rings. The molecule has 30 heavy (non-hydrogen) atoms. The van der Waals surface area contributed by atoms with E-state index in [1.54, 1.807) is 19.2 Å². The van der Waals surface area contributed by atoms with E-state index in [1.165, 1.54) is 4.90 Å². The first kappa shape index (κ1) is 23.1. The minimum Gasteiger partial charge on any atom is -0.490 e. The Morgan fingerprint density at radius 1 is 0.900 bits per heavy atom. The molecule has 0 radical (unpaired) electrons. The smallest absolute Gasteiger partial charge is 0.254 e. The minimum atomic E-state index is -0.320. The number of carbonyl (C=O) groups excluding carboxylic acids is 2. The molecule has 0 saturated carbocycles. The van der Waals surface area contributed by atoms with Crippen LogP contribution in [0.25, 0.3) is 0 Å². The van der Waals surface area contributed by atoms with Crippen molar-refractivity contribution in [3.8, 4) is 17.2 Å². The molecule has 0 saturated heterocycles. The average molecular weight is 415 g/mol. The van der Waals surface area contributed by atoms with Crippen LogP contribution in [0.3, 0.4) is 0 Å². The fourth-order valence-electron chi connectivity index (χ4n) is 2.86. The van der Waals surface area contributed by atoms with Crippen LogP contribution < -0.4 is 19.5 Å². The average Bonchev–Trinajstić information content (AvgIpc) is 2.71. The summed E-state index contributed by atoms with van der Waals surface area (Å²) in [4.78, 5) is 26.7. The van der Waals surface area contributed by atoms with Crippen LogP contribution in [0.4, 0.5) is 5.69 Å². The number of hydrogen-bond donors (Lipinski definition) is 1. The first-order chi connectivity index (χ1) is 14.4. The van der Waals surface area contributed by atoms with Crippen molar-refractivity contribution >= 4 is 17.5 Å². The van der Waals surface area contributed by atoms with Crippen LogP contribution in [-0.4, -0.2) is 50.1 Å². The highest BCUT2D eigenvalue weighted by Gasteiger charge is 2.21. The number of ether oxygens (including phenoxy) is 3. The molecule has 0 fully saturated rings. The van der Waals surface area contributed by atoms with Crippen LogP contribution in [-0.2, 0) is 4.79 Å². The Kier molecular flexibility index (Phi) is 8.53. The second-order valence-electron chi connectivity index (χ2n) is 6.68. The molecule has 0 aliphatic carbocycles. The molecule has 2 aromatic rings. The molecule has 0 heterocycles. The molecule has 7 heteroatoms. The molecule has 0 aromatic heterocycles. The summed E-state index contributed by atoms with van der Waals surface area (Å²) in [5, 5.41) is 2.79. The number of benzene rings is 2. The Bertz CT molecular complexity index is 837. The minimum absolute atomic E-state index is 0.0894. The third-order valence-corrected chi connectivity index (χ3v) is 4.22. The molecule has 162 valence electrons. The summed E-state index contributed by atoms with van der Waals surface area (Å²) in [5.74, 6) is 0.740. The van der Waals surface area contributed by atoms with Gasteiger partial charge < -0.3 is 24.4 Å². The van der Waals surface area contributed by atoms with E-state index >= 15 is 0 Å². The summed E-state index contributed by atoms with van der Waals surface area (Å²) >= 11 is 0. The Hall–Kier alpha value is -3.22. The van der Waals surface area contributed by atoms with Crippen molar-refractivity contribution in [1.29, 1.82) is 0 Å². The van der Waals surface area contributed by atoms with Crippen LogP contribution in [0.5, 0.6) is 17.2 Å². The third-order valence-electron chi connectivity index (χ3n) is 4.22. The lowest BCUT2D eigenvalue weighted by molar-refractivity contribution is -0.116. The van der Waals surface area contributed by atoms with E-state index in [0.29, 0.717) is 48.3 Å². The maximum atomic E-state index is 13.0. The van der Waals surface area contributed by atoms with Gasteiger partial charge in [-0.1, -0.05) is 17.7 Å². The summed E-state index contributed by atoms with van der Waals surface area (Å²) in [6, 6.07) is 10.7. The normalized spacial score (nSPS) is 10.3. The zero-order valence-corrected chi connectivity index (χ0v) is 18.3. The predicted molar refractivity (Wildman–Crippen MR) is 117 cm³/mol. The van der Waals surface area contributed by atoms with Gasteiger partial charge in [0, 0.05) is 18.3 Å². The van der Waals surface area contributed by atoms with Crippen molar-refractivity contribution in [2.24, 2.45) is 0 Å². The summed E-state index contributed by atoms with van der Waals surface area (Å²) in [7, 11) is 1.58. The van der Waals surface area contributed by atoms with Crippen molar-refractivity contribution in [2.45, 2.75) is 27.7 Å². The van der Waals surface area contributed by atoms with Crippen molar-refractivity contribution in [1.82, 2.24) is 4.90 Å². The van der Waals surface area contributed by atoms with E-state index in [-0.39, 0.29) is 18.4 Å². The Balaban J connectivity index is 2.18. The molecule has 0 bridgehead atoms. The number of anilines is 1. The number of likely N-dealkylation sites (N-methyl/N-ethyl adjacent to an activating group) is 1. The zero-order valence-electron chi connectivity index (χ0n) is 18.3. The van der Waals surface area contributed by atoms with Gasteiger partial charge in [0.2, 0.25) is 11.7 Å². The van der Waals surface area contributed by atoms with E-state index in [1.807, 2.05) is 52.0 Å². The largest absolute Gasteiger partial charge is 0.490 e. The number of aryl methyl sites for hydroxylation is 1. The van der Waals surface area contributed by atoms with Crippen LogP contribution in [0.15, 0.2) is 36.4 Å². The first-order valence-electron chi connectivity index (χ1n) is 10.1. The van der Waals surface area contributed by atoms with Gasteiger partial charge in [0.05, 0.1) is 26.4 Å². The van der Waals surface area contributed by atoms with Crippen molar-refractivity contribution in [3.63, 3.8) is 0 Å². The molecule has 0 spiro atoms. The van der Waals surface area contributed by atoms with Crippen molar-refractivity contribution < 1.29 is 23.8 Å². The standard InChI is InChI=1S/C23H30N2O5/c1-6-28-19-13-17(14-20(29-7-2)22(19)30-8-3)23(27)25(5)15-21(26)24-18-11-9-16(4)10-12-18/h9-14H,6-8,15H2,1-5H3,(H,24,26). The Morgan fingerprint density at radius 3 is 1.93 bits per heavy atom. The second kappa shape index (κ2) is 11.1. The summed E-state index contributed by atoms with van der Waals surface area (Å²) in [5.41, 5.74) is 2.15. The molecule has 0 aliphatic heterocycles. The lowest BCUT2D eigenvalue weighted by Gasteiger charge is -2.20. The van der Waals surface area contributed by atoms with E-state index in [2.05, 4.69) is 5.32 Å². The molecule has 2 aromatic carbocycles. The number of carbonyl (C=O) groups is 2. The maximum absolute atomic E-state index is 13.0. The van der Waals surface area contributed by atoms with Gasteiger partial charge in [0.15, 0.2) is 11.5 Å². The number of rotatable bonds is 10. The molecular weight excluding hydrogens is 384 g/mol. The topological polar surface area (TPSA) is 77.1 Å². The number of hydrogen-bond acceptors (Lipinski definition) is 5. The molecule has 0 atom stereocenters. The van der Waals surface area contributed by atoms with Gasteiger partial charge in [-0.15, -0.1) is 0 Å². The van der Waals surface area contributed by atoms with Gasteiger partial charge in [0.1, 0.15) is 0 Å². The van der Waals surface area contributed by atoms with E-state index in [9.17, 15) is 9.59 Å². The number of nitrogens with one attached hydrogen (secondary N) is 1. The van der Waals surface area contributed by atoms with E-state index in [0.717, 1.165) is 5.56 Å². The molecule has 0 unspecified atom stereocenters. The van der Waals surface area contributed by atoms with Crippen molar-refractivity contribution in [3.05, 3.63) is 47.5 Å². The van der Waals surface area contributed by atoms with E-state index < -0.39 is 0 Å². The summed E-state index contributed by atoms with van der Waals surface area (Å²) < 4.78 is 17.0. The third kappa shape index (κ3) is 6.14. The molecular formula is C23H30N2O5. The lowest BCUT2D eigenvalue weighted by Crippen LogP contribution is -2.35. The van der Waals surface area contributed by atoms with Gasteiger partial charge in [-0.3, -0.25) is 9.59 Å². The summed E-state index contributed by atoms with van der Waals surface area (Å²) in [6.45, 7) is 8.72. The molecule has 2 rings (SSSR count). The quantitative estimate of drug-likeness (QED) is 0.638. The van der Waals surface area contributed by atoms with Crippen LogP contribution >= 0.6 is 0 Å². The van der Waals surface area contributed by atoms with Gasteiger partial charge >= 0.3 is 0 Å². The highest BCUT2D eigenvalue weighted by molar-refractivity contribution is 6.00. The SMILES string of the molecule is CCOc1cc(C(=O)N(C)CC(=O)Nc2ccc(C)cc2)cc(OCC)c1OCC. The summed E-state index contributed by atoms with van der Waals surface area (Å²) in [6.07, 6.45) is 0. The van der Waals surface area contributed by atoms with Gasteiger partial charge in [-0.25, -0.2) is 0 Å². The van der Waals surface area contributed by atoms with Crippen LogP contribution in [0.2, 0.25) is 0 Å². The highest BCUT2D eigenvalue weighted by Crippen LogP contribution is 2.39. The zero-order chi connectivity index (χ0) is 22.1. The molecule has 2 amide bonds. The lowest BCUT2D eigenvalue weighted by atomic mass is 10.1. The van der Waals surface area contributed by atoms with Gasteiger partial charge in [-0.05, 0) is 52.0 Å². The van der Waals surface area contributed by atoms with Gasteiger partial charge in [-0.2, -0.15) is 0 Å². The Morgan fingerprint density at radius 2 is 1.43 bits per heavy atom. The van der Waals surface area contributed by atoms with E-state index in [4.69, 9.17) is 14.2 Å². The molecule has 7 nitrogen and oxygen atoms in total. The molecule has 1 N–H and O–H groups in total. The number of nitrogens with zero attached hydrogens (tertiary/aromatic N) is 1. The van der Waals surface area contributed by atoms with Crippen LogP contribution in [0.1, 0.15) is 36.7 Å². The monoisotopic (exact) mass is 414 g/mol. The highest BCUT2D eigenvalue weighted by atomic mass is 16.5.